The van der Waals surface area contributed by atoms with E-state index in [2.05, 4.69) is 0 Å². The first kappa shape index (κ1) is 15.0. The van der Waals surface area contributed by atoms with Crippen LogP contribution in [-0.2, 0) is 19.6 Å². The summed E-state index contributed by atoms with van der Waals surface area (Å²) in [5.74, 6) is -1.67. The van der Waals surface area contributed by atoms with E-state index in [1.807, 2.05) is 0 Å². The molecule has 7 nitrogen and oxygen atoms in total. The molecule has 0 atom stereocenters. The molecule has 0 aliphatic carbocycles. The molecule has 0 aromatic heterocycles. The SMILES string of the molecule is COc1ccc(C2=C(C)C(=O)N(CC(=O)O)S2(=O)=O)cc1. The Labute approximate surface area is 121 Å². The number of aliphatic carboxylic acids is 1. The van der Waals surface area contributed by atoms with Gasteiger partial charge >= 0.3 is 5.97 Å². The zero-order valence-corrected chi connectivity index (χ0v) is 12.2. The van der Waals surface area contributed by atoms with Gasteiger partial charge in [0.25, 0.3) is 15.9 Å². The summed E-state index contributed by atoms with van der Waals surface area (Å²) in [6, 6.07) is 6.14. The van der Waals surface area contributed by atoms with Crippen LogP contribution in [0.1, 0.15) is 12.5 Å². The standard InChI is InChI=1S/C13H13NO6S/c1-8-12(9-3-5-10(20-2)6-4-9)21(18,19)14(13(8)17)7-11(15)16/h3-6H,7H2,1-2H3,(H,15,16). The Bertz CT molecular complexity index is 732. The van der Waals surface area contributed by atoms with Gasteiger partial charge in [-0.15, -0.1) is 0 Å². The van der Waals surface area contributed by atoms with Gasteiger partial charge in [-0.05, 0) is 36.8 Å². The van der Waals surface area contributed by atoms with Crippen molar-refractivity contribution < 1.29 is 27.9 Å². The van der Waals surface area contributed by atoms with Crippen LogP contribution in [0.4, 0.5) is 0 Å². The summed E-state index contributed by atoms with van der Waals surface area (Å²) in [5.41, 5.74) is 0.316. The minimum atomic E-state index is -4.15. The van der Waals surface area contributed by atoms with Gasteiger partial charge in [0.15, 0.2) is 0 Å². The molecule has 2 rings (SSSR count). The summed E-state index contributed by atoms with van der Waals surface area (Å²) in [6.45, 7) is 0.472. The number of hydrogen-bond donors (Lipinski definition) is 1. The average molecular weight is 311 g/mol. The van der Waals surface area contributed by atoms with Crippen LogP contribution in [0.3, 0.4) is 0 Å². The zero-order valence-electron chi connectivity index (χ0n) is 11.4. The van der Waals surface area contributed by atoms with Crippen LogP contribution < -0.4 is 4.74 Å². The lowest BCUT2D eigenvalue weighted by Gasteiger charge is -2.14. The monoisotopic (exact) mass is 311 g/mol. The molecule has 112 valence electrons. The second kappa shape index (κ2) is 5.21. The molecule has 1 N–H and O–H groups in total. The van der Waals surface area contributed by atoms with E-state index in [0.717, 1.165) is 0 Å². The third kappa shape index (κ3) is 2.49. The number of carboxylic acids is 1. The molecule has 0 saturated carbocycles. The summed E-state index contributed by atoms with van der Waals surface area (Å²) in [5, 5.41) is 8.74. The highest BCUT2D eigenvalue weighted by molar-refractivity contribution is 7.99. The number of rotatable bonds is 4. The molecule has 1 aliphatic heterocycles. The van der Waals surface area contributed by atoms with E-state index in [9.17, 15) is 18.0 Å². The zero-order chi connectivity index (χ0) is 15.8. The Kier molecular flexibility index (Phi) is 3.73. The molecule has 1 aliphatic rings. The first-order valence-corrected chi connectivity index (χ1v) is 7.37. The molecule has 0 fully saturated rings. The van der Waals surface area contributed by atoms with Crippen LogP contribution in [0.2, 0.25) is 0 Å². The molecule has 0 saturated heterocycles. The average Bonchev–Trinajstić information content (AvgIpc) is 2.59. The maximum absolute atomic E-state index is 12.4. The van der Waals surface area contributed by atoms with Crippen molar-refractivity contribution >= 4 is 26.8 Å². The lowest BCUT2D eigenvalue weighted by Crippen LogP contribution is -2.36. The highest BCUT2D eigenvalue weighted by Gasteiger charge is 2.43. The van der Waals surface area contributed by atoms with Crippen LogP contribution >= 0.6 is 0 Å². The van der Waals surface area contributed by atoms with Crippen molar-refractivity contribution in [1.29, 1.82) is 0 Å². The highest BCUT2D eigenvalue weighted by atomic mass is 32.2. The number of ether oxygens (including phenoxy) is 1. The molecular weight excluding hydrogens is 298 g/mol. The topological polar surface area (TPSA) is 101 Å². The predicted octanol–water partition coefficient (Wildman–Crippen LogP) is 0.683. The van der Waals surface area contributed by atoms with Crippen molar-refractivity contribution in [1.82, 2.24) is 4.31 Å². The first-order chi connectivity index (χ1) is 9.78. The van der Waals surface area contributed by atoms with E-state index >= 15 is 0 Å². The number of hydrogen-bond acceptors (Lipinski definition) is 5. The normalized spacial score (nSPS) is 17.2. The Hall–Kier alpha value is -2.35. The van der Waals surface area contributed by atoms with Gasteiger partial charge in [0, 0.05) is 5.57 Å². The highest BCUT2D eigenvalue weighted by Crippen LogP contribution is 2.35. The molecule has 0 radical (unpaired) electrons. The van der Waals surface area contributed by atoms with Crippen LogP contribution in [0.5, 0.6) is 5.75 Å². The second-order valence-corrected chi connectivity index (χ2v) is 6.19. The van der Waals surface area contributed by atoms with E-state index in [1.165, 1.54) is 26.2 Å². The van der Waals surface area contributed by atoms with E-state index < -0.39 is 28.4 Å². The van der Waals surface area contributed by atoms with Crippen molar-refractivity contribution in [2.45, 2.75) is 6.92 Å². The molecule has 1 amide bonds. The lowest BCUT2D eigenvalue weighted by molar-refractivity contribution is -0.140. The Morgan fingerprint density at radius 3 is 2.33 bits per heavy atom. The molecular formula is C13H13NO6S. The van der Waals surface area contributed by atoms with Gasteiger partial charge in [-0.25, -0.2) is 12.7 Å². The van der Waals surface area contributed by atoms with Crippen LogP contribution in [0.15, 0.2) is 29.8 Å². The third-order valence-electron chi connectivity index (χ3n) is 3.07. The molecule has 0 bridgehead atoms. The Balaban J connectivity index is 2.51. The van der Waals surface area contributed by atoms with Gasteiger partial charge in [0.05, 0.1) is 7.11 Å². The van der Waals surface area contributed by atoms with Gasteiger partial charge in [0.2, 0.25) is 0 Å². The summed E-state index contributed by atoms with van der Waals surface area (Å²) >= 11 is 0. The van der Waals surface area contributed by atoms with Crippen molar-refractivity contribution in [3.63, 3.8) is 0 Å². The van der Waals surface area contributed by atoms with E-state index in [-0.39, 0.29) is 10.5 Å². The Morgan fingerprint density at radius 1 is 1.29 bits per heavy atom. The van der Waals surface area contributed by atoms with Gasteiger partial charge in [-0.3, -0.25) is 9.59 Å². The van der Waals surface area contributed by atoms with Crippen LogP contribution in [-0.4, -0.2) is 43.4 Å². The van der Waals surface area contributed by atoms with Gasteiger partial charge in [0.1, 0.15) is 17.2 Å². The molecule has 1 heterocycles. The fourth-order valence-corrected chi connectivity index (χ4v) is 3.85. The largest absolute Gasteiger partial charge is 0.497 e. The van der Waals surface area contributed by atoms with Crippen molar-refractivity contribution in [3.8, 4) is 5.75 Å². The number of benzene rings is 1. The second-order valence-electron chi connectivity index (χ2n) is 4.39. The minimum absolute atomic E-state index is 0.00131. The van der Waals surface area contributed by atoms with E-state index in [0.29, 0.717) is 15.6 Å². The van der Waals surface area contributed by atoms with Crippen molar-refractivity contribution in [3.05, 3.63) is 35.4 Å². The smallest absolute Gasteiger partial charge is 0.324 e. The summed E-state index contributed by atoms with van der Waals surface area (Å²) < 4.78 is 30.1. The predicted molar refractivity (Wildman–Crippen MR) is 73.9 cm³/mol. The number of amides is 1. The molecule has 0 unspecified atom stereocenters. The lowest BCUT2D eigenvalue weighted by atomic mass is 10.1. The third-order valence-corrected chi connectivity index (χ3v) is 5.00. The van der Waals surface area contributed by atoms with E-state index in [1.54, 1.807) is 12.1 Å². The molecule has 0 spiro atoms. The Morgan fingerprint density at radius 2 is 1.86 bits per heavy atom. The number of carbonyl (C=O) groups excluding carboxylic acids is 1. The number of sulfonamides is 1. The quantitative estimate of drug-likeness (QED) is 0.877. The number of methoxy groups -OCH3 is 1. The number of carbonyl (C=O) groups is 2. The minimum Gasteiger partial charge on any atom is -0.497 e. The molecule has 8 heteroatoms. The fraction of sp³-hybridized carbons (Fsp3) is 0.231. The maximum atomic E-state index is 12.4. The van der Waals surface area contributed by atoms with Crippen LogP contribution in [0, 0.1) is 0 Å². The summed E-state index contributed by atoms with van der Waals surface area (Å²) in [4.78, 5) is 22.5. The van der Waals surface area contributed by atoms with Gasteiger partial charge in [-0.1, -0.05) is 0 Å². The fourth-order valence-electron chi connectivity index (χ4n) is 2.08. The molecule has 21 heavy (non-hydrogen) atoms. The van der Waals surface area contributed by atoms with Gasteiger partial charge < -0.3 is 9.84 Å². The number of carboxylic acid groups (broad SMARTS) is 1. The number of nitrogens with zero attached hydrogens (tertiary/aromatic N) is 1. The molecule has 1 aromatic carbocycles. The maximum Gasteiger partial charge on any atom is 0.324 e. The molecule has 1 aromatic rings. The summed E-state index contributed by atoms with van der Waals surface area (Å²) in [7, 11) is -2.68. The van der Waals surface area contributed by atoms with E-state index in [4.69, 9.17) is 9.84 Å². The van der Waals surface area contributed by atoms with Gasteiger partial charge in [-0.2, -0.15) is 0 Å². The first-order valence-electron chi connectivity index (χ1n) is 5.93. The van der Waals surface area contributed by atoms with Crippen molar-refractivity contribution in [2.75, 3.05) is 13.7 Å². The van der Waals surface area contributed by atoms with Crippen molar-refractivity contribution in [2.24, 2.45) is 0 Å². The summed E-state index contributed by atoms with van der Waals surface area (Å²) in [6.07, 6.45) is 0. The van der Waals surface area contributed by atoms with Crippen LogP contribution in [0.25, 0.3) is 4.91 Å².